The Hall–Kier alpha value is -1.29. The fraction of sp³-hybridized carbons (Fsp3) is 0.462. The quantitative estimate of drug-likeness (QED) is 0.823. The first-order valence-electron chi connectivity index (χ1n) is 6.00. The maximum atomic E-state index is 6.05. The van der Waals surface area contributed by atoms with Gasteiger partial charge in [-0.2, -0.15) is 0 Å². The molecular weight excluding hydrogens is 232 g/mol. The number of thiazole rings is 1. The Morgan fingerprint density at radius 2 is 2.12 bits per heavy atom. The summed E-state index contributed by atoms with van der Waals surface area (Å²) in [6.07, 6.45) is 2.27. The lowest BCUT2D eigenvalue weighted by molar-refractivity contribution is 0.242. The zero-order chi connectivity index (χ0) is 12.3. The summed E-state index contributed by atoms with van der Waals surface area (Å²) in [6.45, 7) is 5.10. The largest absolute Gasteiger partial charge is 0.491 e. The molecule has 0 unspecified atom stereocenters. The Kier molecular flexibility index (Phi) is 3.84. The van der Waals surface area contributed by atoms with Gasteiger partial charge in [-0.05, 0) is 18.1 Å². The second kappa shape index (κ2) is 5.36. The molecule has 0 atom stereocenters. The lowest BCUT2D eigenvalue weighted by atomic mass is 10.1. The van der Waals surface area contributed by atoms with E-state index in [1.807, 2.05) is 17.6 Å². The molecule has 0 amide bonds. The van der Waals surface area contributed by atoms with Crippen LogP contribution in [-0.4, -0.2) is 11.6 Å². The smallest absolute Gasteiger partial charge is 0.144 e. The number of nitrogens with two attached hydrogens (primary N) is 1. The van der Waals surface area contributed by atoms with Crippen molar-refractivity contribution in [2.45, 2.75) is 26.7 Å². The minimum Gasteiger partial charge on any atom is -0.491 e. The third-order valence-electron chi connectivity index (χ3n) is 3.13. The molecule has 0 radical (unpaired) electrons. The zero-order valence-corrected chi connectivity index (χ0v) is 11.1. The number of aromatic nitrogens is 1. The van der Waals surface area contributed by atoms with Crippen molar-refractivity contribution >= 4 is 27.2 Å². The first kappa shape index (κ1) is 12.2. The lowest BCUT2D eigenvalue weighted by Crippen LogP contribution is -2.11. The molecule has 0 aliphatic heterocycles. The van der Waals surface area contributed by atoms with Crippen LogP contribution in [0.15, 0.2) is 17.6 Å². The van der Waals surface area contributed by atoms with Crippen LogP contribution in [0.4, 0.5) is 5.69 Å². The van der Waals surface area contributed by atoms with Gasteiger partial charge in [-0.1, -0.05) is 26.7 Å². The summed E-state index contributed by atoms with van der Waals surface area (Å²) in [5, 5.41) is 0. The van der Waals surface area contributed by atoms with Gasteiger partial charge in [0.15, 0.2) is 0 Å². The SMILES string of the molecule is CCC(CC)COc1ccc2scnc2c1N. The average Bonchev–Trinajstić information content (AvgIpc) is 2.82. The highest BCUT2D eigenvalue weighted by Crippen LogP contribution is 2.32. The monoisotopic (exact) mass is 250 g/mol. The molecule has 2 N–H and O–H groups in total. The van der Waals surface area contributed by atoms with Crippen molar-refractivity contribution in [3.05, 3.63) is 17.6 Å². The van der Waals surface area contributed by atoms with E-state index in [1.54, 1.807) is 11.3 Å². The molecule has 92 valence electrons. The van der Waals surface area contributed by atoms with Gasteiger partial charge in [0.25, 0.3) is 0 Å². The fourth-order valence-corrected chi connectivity index (χ4v) is 2.48. The summed E-state index contributed by atoms with van der Waals surface area (Å²) in [5.41, 5.74) is 9.38. The number of nitrogens with zero attached hydrogens (tertiary/aromatic N) is 1. The first-order chi connectivity index (χ1) is 8.26. The fourth-order valence-electron chi connectivity index (χ4n) is 1.79. The first-order valence-corrected chi connectivity index (χ1v) is 6.88. The van der Waals surface area contributed by atoms with Gasteiger partial charge in [-0.15, -0.1) is 11.3 Å². The lowest BCUT2D eigenvalue weighted by Gasteiger charge is -2.15. The molecule has 2 aromatic rings. The van der Waals surface area contributed by atoms with E-state index in [1.165, 1.54) is 0 Å². The van der Waals surface area contributed by atoms with Crippen LogP contribution in [0.2, 0.25) is 0 Å². The standard InChI is InChI=1S/C13H18N2OS/c1-3-9(4-2)7-16-10-5-6-11-13(12(10)14)15-8-17-11/h5-6,8-9H,3-4,7,14H2,1-2H3. The Balaban J connectivity index is 2.15. The Morgan fingerprint density at radius 1 is 1.35 bits per heavy atom. The van der Waals surface area contributed by atoms with Gasteiger partial charge in [-0.3, -0.25) is 0 Å². The van der Waals surface area contributed by atoms with Crippen molar-refractivity contribution in [1.82, 2.24) is 4.98 Å². The highest BCUT2D eigenvalue weighted by molar-refractivity contribution is 7.16. The number of hydrogen-bond acceptors (Lipinski definition) is 4. The van der Waals surface area contributed by atoms with Crippen LogP contribution in [0.5, 0.6) is 5.75 Å². The van der Waals surface area contributed by atoms with E-state index in [4.69, 9.17) is 10.5 Å². The van der Waals surface area contributed by atoms with E-state index in [9.17, 15) is 0 Å². The summed E-state index contributed by atoms with van der Waals surface area (Å²) < 4.78 is 6.91. The highest BCUT2D eigenvalue weighted by Gasteiger charge is 2.10. The zero-order valence-electron chi connectivity index (χ0n) is 10.3. The Bertz CT molecular complexity index is 491. The molecule has 0 aliphatic rings. The molecule has 1 heterocycles. The van der Waals surface area contributed by atoms with E-state index in [0.717, 1.165) is 35.4 Å². The number of anilines is 1. The number of hydrogen-bond donors (Lipinski definition) is 1. The van der Waals surface area contributed by atoms with Crippen LogP contribution in [0.25, 0.3) is 10.2 Å². The van der Waals surface area contributed by atoms with Crippen molar-refractivity contribution in [2.24, 2.45) is 5.92 Å². The number of benzene rings is 1. The van der Waals surface area contributed by atoms with E-state index in [-0.39, 0.29) is 0 Å². The second-order valence-electron chi connectivity index (χ2n) is 4.17. The van der Waals surface area contributed by atoms with Crippen molar-refractivity contribution in [1.29, 1.82) is 0 Å². The van der Waals surface area contributed by atoms with Gasteiger partial charge in [0.1, 0.15) is 17.0 Å². The van der Waals surface area contributed by atoms with Crippen LogP contribution >= 0.6 is 11.3 Å². The molecule has 0 saturated carbocycles. The third kappa shape index (κ3) is 2.52. The molecule has 4 heteroatoms. The van der Waals surface area contributed by atoms with Gasteiger partial charge < -0.3 is 10.5 Å². The van der Waals surface area contributed by atoms with Crippen LogP contribution in [0.1, 0.15) is 26.7 Å². The number of ether oxygens (including phenoxy) is 1. The normalized spacial score (nSPS) is 11.2. The number of rotatable bonds is 5. The van der Waals surface area contributed by atoms with Gasteiger partial charge in [0, 0.05) is 0 Å². The van der Waals surface area contributed by atoms with Gasteiger partial charge in [-0.25, -0.2) is 4.98 Å². The average molecular weight is 250 g/mol. The third-order valence-corrected chi connectivity index (χ3v) is 3.92. The molecule has 2 rings (SSSR count). The molecule has 0 fully saturated rings. The highest BCUT2D eigenvalue weighted by atomic mass is 32.1. The maximum absolute atomic E-state index is 6.05. The van der Waals surface area contributed by atoms with E-state index < -0.39 is 0 Å². The minimum atomic E-state index is 0.598. The summed E-state index contributed by atoms with van der Waals surface area (Å²) in [5.74, 6) is 1.36. The predicted octanol–water partition coefficient (Wildman–Crippen LogP) is 3.69. The molecule has 0 bridgehead atoms. The van der Waals surface area contributed by atoms with Crippen molar-refractivity contribution in [2.75, 3.05) is 12.3 Å². The van der Waals surface area contributed by atoms with Crippen LogP contribution in [-0.2, 0) is 0 Å². The summed E-state index contributed by atoms with van der Waals surface area (Å²) >= 11 is 1.60. The molecule has 3 nitrogen and oxygen atoms in total. The second-order valence-corrected chi connectivity index (χ2v) is 5.06. The topological polar surface area (TPSA) is 48.1 Å². The minimum absolute atomic E-state index is 0.598. The molecule has 17 heavy (non-hydrogen) atoms. The summed E-state index contributed by atoms with van der Waals surface area (Å²) in [4.78, 5) is 4.26. The maximum Gasteiger partial charge on any atom is 0.144 e. The van der Waals surface area contributed by atoms with E-state index in [0.29, 0.717) is 11.6 Å². The number of nitrogen functional groups attached to an aromatic ring is 1. The number of fused-ring (bicyclic) bond motifs is 1. The van der Waals surface area contributed by atoms with Gasteiger partial charge >= 0.3 is 0 Å². The molecular formula is C13H18N2OS. The van der Waals surface area contributed by atoms with E-state index in [2.05, 4.69) is 18.8 Å². The van der Waals surface area contributed by atoms with Crippen molar-refractivity contribution < 1.29 is 4.74 Å². The molecule has 0 spiro atoms. The molecule has 1 aromatic heterocycles. The van der Waals surface area contributed by atoms with Crippen molar-refractivity contribution in [3.63, 3.8) is 0 Å². The molecule has 0 aliphatic carbocycles. The van der Waals surface area contributed by atoms with Crippen LogP contribution in [0, 0.1) is 5.92 Å². The van der Waals surface area contributed by atoms with Gasteiger partial charge in [0.05, 0.1) is 16.8 Å². The Morgan fingerprint density at radius 3 is 2.82 bits per heavy atom. The molecule has 1 aromatic carbocycles. The van der Waals surface area contributed by atoms with Gasteiger partial charge in [0.2, 0.25) is 0 Å². The summed E-state index contributed by atoms with van der Waals surface area (Å²) in [7, 11) is 0. The molecule has 0 saturated heterocycles. The van der Waals surface area contributed by atoms with Crippen LogP contribution < -0.4 is 10.5 Å². The van der Waals surface area contributed by atoms with E-state index >= 15 is 0 Å². The summed E-state index contributed by atoms with van der Waals surface area (Å²) in [6, 6.07) is 3.96. The Labute approximate surface area is 106 Å². The van der Waals surface area contributed by atoms with Crippen LogP contribution in [0.3, 0.4) is 0 Å². The predicted molar refractivity (Wildman–Crippen MR) is 73.6 cm³/mol. The van der Waals surface area contributed by atoms with Crippen molar-refractivity contribution in [3.8, 4) is 5.75 Å².